The van der Waals surface area contributed by atoms with Crippen LogP contribution in [0.5, 0.6) is 0 Å². The van der Waals surface area contributed by atoms with E-state index >= 15 is 0 Å². The van der Waals surface area contributed by atoms with Gasteiger partial charge < -0.3 is 10.4 Å². The Kier molecular flexibility index (Phi) is 4.49. The molecule has 2 aromatic carbocycles. The molecule has 1 heterocycles. The Bertz CT molecular complexity index is 955. The van der Waals surface area contributed by atoms with Crippen molar-refractivity contribution in [2.45, 2.75) is 30.7 Å². The summed E-state index contributed by atoms with van der Waals surface area (Å²) in [5.41, 5.74) is 0.512. The van der Waals surface area contributed by atoms with E-state index in [1.807, 2.05) is 0 Å². The lowest BCUT2D eigenvalue weighted by Crippen LogP contribution is -2.40. The van der Waals surface area contributed by atoms with E-state index in [0.717, 1.165) is 4.31 Å². The number of amides is 1. The Morgan fingerprint density at radius 3 is 2.48 bits per heavy atom. The van der Waals surface area contributed by atoms with Crippen molar-refractivity contribution in [3.05, 3.63) is 36.4 Å². The Balaban J connectivity index is 2.16. The minimum absolute atomic E-state index is 0.0466. The van der Waals surface area contributed by atoms with Gasteiger partial charge in [0.2, 0.25) is 15.9 Å². The molecule has 0 saturated carbocycles. The van der Waals surface area contributed by atoms with Gasteiger partial charge in [0.1, 0.15) is 6.04 Å². The summed E-state index contributed by atoms with van der Waals surface area (Å²) in [6.45, 7) is 1.56. The lowest BCUT2D eigenvalue weighted by Gasteiger charge is -2.22. The number of hydrogen-bond acceptors (Lipinski definition) is 4. The fourth-order valence-electron chi connectivity index (χ4n) is 3.20. The Morgan fingerprint density at radius 2 is 1.84 bits per heavy atom. The van der Waals surface area contributed by atoms with Gasteiger partial charge in [0, 0.05) is 29.9 Å². The van der Waals surface area contributed by atoms with E-state index in [0.29, 0.717) is 29.3 Å². The van der Waals surface area contributed by atoms with Gasteiger partial charge in [-0.1, -0.05) is 24.3 Å². The van der Waals surface area contributed by atoms with Crippen molar-refractivity contribution >= 4 is 38.4 Å². The molecule has 0 aromatic heterocycles. The van der Waals surface area contributed by atoms with E-state index in [1.165, 1.54) is 19.1 Å². The highest BCUT2D eigenvalue weighted by atomic mass is 32.2. The van der Waals surface area contributed by atoms with Crippen LogP contribution in [0.25, 0.3) is 10.8 Å². The van der Waals surface area contributed by atoms with Gasteiger partial charge in [-0.15, -0.1) is 0 Å². The zero-order chi connectivity index (χ0) is 18.2. The zero-order valence-electron chi connectivity index (χ0n) is 13.6. The summed E-state index contributed by atoms with van der Waals surface area (Å²) in [5, 5.41) is 13.0. The molecule has 132 valence electrons. The third-order valence-corrected chi connectivity index (χ3v) is 6.24. The number of carboxylic acids is 1. The Hall–Kier alpha value is -2.45. The smallest absolute Gasteiger partial charge is 0.322 e. The van der Waals surface area contributed by atoms with Crippen molar-refractivity contribution in [1.29, 1.82) is 0 Å². The number of carbonyl (C=O) groups is 2. The molecule has 0 spiro atoms. The number of rotatable bonds is 4. The summed E-state index contributed by atoms with van der Waals surface area (Å²) in [6, 6.07) is 8.73. The first-order chi connectivity index (χ1) is 11.8. The molecule has 2 aromatic rings. The second-order valence-electron chi connectivity index (χ2n) is 5.95. The van der Waals surface area contributed by atoms with Crippen molar-refractivity contribution < 1.29 is 23.1 Å². The minimum atomic E-state index is -3.96. The summed E-state index contributed by atoms with van der Waals surface area (Å²) in [6.07, 6.45) is 0.814. The van der Waals surface area contributed by atoms with Gasteiger partial charge in [-0.05, 0) is 25.0 Å². The molecule has 0 unspecified atom stereocenters. The minimum Gasteiger partial charge on any atom is -0.480 e. The Morgan fingerprint density at radius 1 is 1.16 bits per heavy atom. The van der Waals surface area contributed by atoms with E-state index in [-0.39, 0.29) is 17.3 Å². The quantitative estimate of drug-likeness (QED) is 0.866. The normalized spacial score (nSPS) is 18.4. The number of benzene rings is 2. The van der Waals surface area contributed by atoms with Crippen molar-refractivity contribution in [2.24, 2.45) is 0 Å². The van der Waals surface area contributed by atoms with Gasteiger partial charge in [0.15, 0.2) is 0 Å². The molecule has 8 heteroatoms. The molecule has 1 fully saturated rings. The van der Waals surface area contributed by atoms with Crippen LogP contribution in [0, 0.1) is 0 Å². The second-order valence-corrected chi connectivity index (χ2v) is 7.81. The molecule has 1 saturated heterocycles. The number of fused-ring (bicyclic) bond motifs is 1. The van der Waals surface area contributed by atoms with E-state index < -0.39 is 22.0 Å². The van der Waals surface area contributed by atoms with E-state index in [1.54, 1.807) is 24.3 Å². The van der Waals surface area contributed by atoms with Crippen molar-refractivity contribution in [1.82, 2.24) is 4.31 Å². The van der Waals surface area contributed by atoms with Gasteiger partial charge in [-0.2, -0.15) is 4.31 Å². The third kappa shape index (κ3) is 3.10. The highest BCUT2D eigenvalue weighted by Crippen LogP contribution is 2.33. The lowest BCUT2D eigenvalue weighted by atomic mass is 10.1. The molecule has 7 nitrogen and oxygen atoms in total. The highest BCUT2D eigenvalue weighted by molar-refractivity contribution is 7.89. The average molecular weight is 362 g/mol. The molecule has 1 atom stereocenters. The number of nitrogens with one attached hydrogen (secondary N) is 1. The molecule has 2 N–H and O–H groups in total. The summed E-state index contributed by atoms with van der Waals surface area (Å²) >= 11 is 0. The molecule has 0 bridgehead atoms. The number of hydrogen-bond donors (Lipinski definition) is 2. The fourth-order valence-corrected chi connectivity index (χ4v) is 5.04. The van der Waals surface area contributed by atoms with Gasteiger partial charge >= 0.3 is 5.97 Å². The van der Waals surface area contributed by atoms with Crippen molar-refractivity contribution in [3.8, 4) is 0 Å². The largest absolute Gasteiger partial charge is 0.480 e. The highest BCUT2D eigenvalue weighted by Gasteiger charge is 2.40. The van der Waals surface area contributed by atoms with E-state index in [9.17, 15) is 23.1 Å². The monoisotopic (exact) mass is 362 g/mol. The van der Waals surface area contributed by atoms with Gasteiger partial charge in [0.05, 0.1) is 4.90 Å². The fraction of sp³-hybridized carbons (Fsp3) is 0.294. The Labute approximate surface area is 145 Å². The van der Waals surface area contributed by atoms with Crippen molar-refractivity contribution in [2.75, 3.05) is 11.9 Å². The van der Waals surface area contributed by atoms with Crippen LogP contribution >= 0.6 is 0 Å². The van der Waals surface area contributed by atoms with Gasteiger partial charge in [-0.25, -0.2) is 8.42 Å². The SMILES string of the molecule is CC(=O)Nc1ccc(S(=O)(=O)N2CCC[C@H]2C(=O)O)c2ccccc12. The summed E-state index contributed by atoms with van der Waals surface area (Å²) in [4.78, 5) is 22.8. The first-order valence-electron chi connectivity index (χ1n) is 7.86. The van der Waals surface area contributed by atoms with Gasteiger partial charge in [0.25, 0.3) is 0 Å². The summed E-state index contributed by atoms with van der Waals surface area (Å²) in [5.74, 6) is -1.40. The number of nitrogens with zero attached hydrogens (tertiary/aromatic N) is 1. The number of anilines is 1. The van der Waals surface area contributed by atoms with Crippen LogP contribution in [0.2, 0.25) is 0 Å². The molecule has 3 rings (SSSR count). The maximum atomic E-state index is 13.1. The molecule has 0 aliphatic carbocycles. The number of sulfonamides is 1. The molecular formula is C17H18N2O5S. The standard InChI is InChI=1S/C17H18N2O5S/c1-11(20)18-14-8-9-16(13-6-3-2-5-12(13)14)25(23,24)19-10-4-7-15(19)17(21)22/h2-3,5-6,8-9,15H,4,7,10H2,1H3,(H,18,20)(H,21,22)/t15-/m0/s1. The molecule has 0 radical (unpaired) electrons. The maximum absolute atomic E-state index is 13.1. The number of carbonyl (C=O) groups excluding carboxylic acids is 1. The molecule has 1 amide bonds. The molecule has 25 heavy (non-hydrogen) atoms. The van der Waals surface area contributed by atoms with Crippen LogP contribution in [0.4, 0.5) is 5.69 Å². The number of carboxylic acid groups (broad SMARTS) is 1. The maximum Gasteiger partial charge on any atom is 0.322 e. The first kappa shape index (κ1) is 17.4. The van der Waals surface area contributed by atoms with Crippen LogP contribution in [0.3, 0.4) is 0 Å². The predicted octanol–water partition coefficient (Wildman–Crippen LogP) is 2.04. The van der Waals surface area contributed by atoms with Crippen LogP contribution in [0.15, 0.2) is 41.3 Å². The van der Waals surface area contributed by atoms with E-state index in [2.05, 4.69) is 5.32 Å². The van der Waals surface area contributed by atoms with Gasteiger partial charge in [-0.3, -0.25) is 9.59 Å². The molecule has 1 aliphatic rings. The summed E-state index contributed by atoms with van der Waals surface area (Å²) in [7, 11) is -3.96. The van der Waals surface area contributed by atoms with Crippen LogP contribution < -0.4 is 5.32 Å². The third-order valence-electron chi connectivity index (χ3n) is 4.27. The lowest BCUT2D eigenvalue weighted by molar-refractivity contribution is -0.140. The first-order valence-corrected chi connectivity index (χ1v) is 9.30. The second kappa shape index (κ2) is 6.45. The predicted molar refractivity (Wildman–Crippen MR) is 92.8 cm³/mol. The van der Waals surface area contributed by atoms with E-state index in [4.69, 9.17) is 0 Å². The molecule has 1 aliphatic heterocycles. The molecular weight excluding hydrogens is 344 g/mol. The van der Waals surface area contributed by atoms with Crippen molar-refractivity contribution in [3.63, 3.8) is 0 Å². The number of aliphatic carboxylic acids is 1. The summed E-state index contributed by atoms with van der Waals surface area (Å²) < 4.78 is 27.2. The van der Waals surface area contributed by atoms with Crippen LogP contribution in [0.1, 0.15) is 19.8 Å². The van der Waals surface area contributed by atoms with Crippen LogP contribution in [-0.2, 0) is 19.6 Å². The zero-order valence-corrected chi connectivity index (χ0v) is 14.4. The topological polar surface area (TPSA) is 104 Å². The average Bonchev–Trinajstić information content (AvgIpc) is 3.05. The van der Waals surface area contributed by atoms with Crippen LogP contribution in [-0.4, -0.2) is 42.3 Å².